The third kappa shape index (κ3) is 2.75. The second kappa shape index (κ2) is 5.01. The highest BCUT2D eigenvalue weighted by atomic mass is 32.2. The smallest absolute Gasteiger partial charge is 0.242 e. The van der Waals surface area contributed by atoms with Gasteiger partial charge in [0.1, 0.15) is 0 Å². The summed E-state index contributed by atoms with van der Waals surface area (Å²) < 4.78 is 31.1. The lowest BCUT2D eigenvalue weighted by Gasteiger charge is -2.05. The van der Waals surface area contributed by atoms with E-state index in [4.69, 9.17) is 9.52 Å². The quantitative estimate of drug-likeness (QED) is 0.861. The number of sulfonamides is 1. The first-order valence-corrected chi connectivity index (χ1v) is 7.18. The molecule has 0 bridgehead atoms. The maximum Gasteiger partial charge on any atom is 0.242 e. The van der Waals surface area contributed by atoms with Gasteiger partial charge in [0.15, 0.2) is 0 Å². The van der Waals surface area contributed by atoms with Crippen LogP contribution in [-0.2, 0) is 23.2 Å². The van der Waals surface area contributed by atoms with E-state index in [-0.39, 0.29) is 18.0 Å². The molecule has 5 nitrogen and oxygen atoms in total. The van der Waals surface area contributed by atoms with Crippen molar-refractivity contribution < 1.29 is 17.9 Å². The Morgan fingerprint density at radius 3 is 2.88 bits per heavy atom. The van der Waals surface area contributed by atoms with Crippen LogP contribution in [0.1, 0.15) is 10.4 Å². The van der Waals surface area contributed by atoms with E-state index in [0.717, 1.165) is 5.56 Å². The number of thiophene rings is 1. The van der Waals surface area contributed by atoms with Gasteiger partial charge in [-0.2, -0.15) is 0 Å². The average Bonchev–Trinajstić information content (AvgIpc) is 2.97. The van der Waals surface area contributed by atoms with E-state index in [0.29, 0.717) is 4.88 Å². The molecule has 0 aliphatic carbocycles. The predicted molar refractivity (Wildman–Crippen MR) is 63.0 cm³/mol. The summed E-state index contributed by atoms with van der Waals surface area (Å²) in [6.07, 6.45) is 2.95. The molecular formula is C10H11NO4S2. The largest absolute Gasteiger partial charge is 0.472 e. The topological polar surface area (TPSA) is 79.5 Å². The zero-order chi connectivity index (χ0) is 12.3. The first-order valence-electron chi connectivity index (χ1n) is 4.81. The Hall–Kier alpha value is -1.15. The zero-order valence-electron chi connectivity index (χ0n) is 8.79. The molecule has 0 amide bonds. The maximum atomic E-state index is 11.9. The maximum absolute atomic E-state index is 11.9. The van der Waals surface area contributed by atoms with Crippen molar-refractivity contribution in [2.75, 3.05) is 0 Å². The van der Waals surface area contributed by atoms with Crippen molar-refractivity contribution in [3.8, 4) is 0 Å². The summed E-state index contributed by atoms with van der Waals surface area (Å²) in [6, 6.07) is 3.16. The minimum Gasteiger partial charge on any atom is -0.472 e. The van der Waals surface area contributed by atoms with Crippen LogP contribution in [0.15, 0.2) is 39.4 Å². The molecule has 0 aliphatic rings. The van der Waals surface area contributed by atoms with Crippen molar-refractivity contribution in [2.24, 2.45) is 0 Å². The monoisotopic (exact) mass is 273 g/mol. The lowest BCUT2D eigenvalue weighted by Crippen LogP contribution is -2.23. The van der Waals surface area contributed by atoms with Crippen LogP contribution in [0.3, 0.4) is 0 Å². The van der Waals surface area contributed by atoms with Gasteiger partial charge >= 0.3 is 0 Å². The highest BCUT2D eigenvalue weighted by Crippen LogP contribution is 2.21. The van der Waals surface area contributed by atoms with Gasteiger partial charge in [0.05, 0.1) is 24.0 Å². The highest BCUT2D eigenvalue weighted by Gasteiger charge is 2.18. The summed E-state index contributed by atoms with van der Waals surface area (Å²) in [6.45, 7) is -0.112. The molecule has 0 aromatic carbocycles. The molecular weight excluding hydrogens is 262 g/mol. The molecule has 0 unspecified atom stereocenters. The molecule has 0 aliphatic heterocycles. The van der Waals surface area contributed by atoms with Crippen LogP contribution in [0.4, 0.5) is 0 Å². The molecule has 0 spiro atoms. The summed E-state index contributed by atoms with van der Waals surface area (Å²) in [5, 5.41) is 10.7. The van der Waals surface area contributed by atoms with E-state index in [2.05, 4.69) is 4.72 Å². The lowest BCUT2D eigenvalue weighted by atomic mass is 10.4. The summed E-state index contributed by atoms with van der Waals surface area (Å²) in [7, 11) is -3.58. The van der Waals surface area contributed by atoms with E-state index in [1.165, 1.54) is 29.9 Å². The van der Waals surface area contributed by atoms with Crippen LogP contribution in [0.25, 0.3) is 0 Å². The van der Waals surface area contributed by atoms with E-state index < -0.39 is 10.0 Å². The van der Waals surface area contributed by atoms with Crippen molar-refractivity contribution in [1.82, 2.24) is 4.72 Å². The third-order valence-electron chi connectivity index (χ3n) is 2.18. The molecule has 2 aromatic heterocycles. The number of hydrogen-bond donors (Lipinski definition) is 2. The Kier molecular flexibility index (Phi) is 3.63. The molecule has 92 valence electrons. The minimum absolute atomic E-state index is 0.133. The Morgan fingerprint density at radius 2 is 2.24 bits per heavy atom. The second-order valence-corrected chi connectivity index (χ2v) is 6.06. The minimum atomic E-state index is -3.58. The Labute approximate surface area is 103 Å². The second-order valence-electron chi connectivity index (χ2n) is 3.32. The molecule has 0 saturated carbocycles. The van der Waals surface area contributed by atoms with Gasteiger partial charge in [-0.3, -0.25) is 0 Å². The number of nitrogens with one attached hydrogen (secondary N) is 1. The molecule has 2 N–H and O–H groups in total. The van der Waals surface area contributed by atoms with E-state index in [9.17, 15) is 8.42 Å². The highest BCUT2D eigenvalue weighted by molar-refractivity contribution is 7.89. The fourth-order valence-electron chi connectivity index (χ4n) is 1.33. The first kappa shape index (κ1) is 12.3. The summed E-state index contributed by atoms with van der Waals surface area (Å²) >= 11 is 1.21. The third-order valence-corrected chi connectivity index (χ3v) is 4.70. The molecule has 2 rings (SSSR count). The number of rotatable bonds is 5. The molecule has 0 saturated heterocycles. The standard InChI is InChI=1S/C10H11NO4S2/c12-6-9-10(2-4-16-9)17(13,14)11-5-8-1-3-15-7-8/h1-4,7,11-12H,5-6H2. The van der Waals surface area contributed by atoms with E-state index in [1.807, 2.05) is 0 Å². The van der Waals surface area contributed by atoms with Crippen molar-refractivity contribution in [2.45, 2.75) is 18.0 Å². The molecule has 2 aromatic rings. The van der Waals surface area contributed by atoms with Gasteiger partial charge in [0.2, 0.25) is 10.0 Å². The van der Waals surface area contributed by atoms with Gasteiger partial charge in [0, 0.05) is 17.0 Å². The zero-order valence-corrected chi connectivity index (χ0v) is 10.4. The summed E-state index contributed by atoms with van der Waals surface area (Å²) in [5.74, 6) is 0. The number of aliphatic hydroxyl groups excluding tert-OH is 1. The summed E-state index contributed by atoms with van der Waals surface area (Å²) in [5.41, 5.74) is 0.745. The van der Waals surface area contributed by atoms with Crippen LogP contribution in [0.2, 0.25) is 0 Å². The van der Waals surface area contributed by atoms with Gasteiger partial charge in [-0.05, 0) is 17.5 Å². The first-order chi connectivity index (χ1) is 8.13. The van der Waals surface area contributed by atoms with Gasteiger partial charge in [-0.15, -0.1) is 11.3 Å². The van der Waals surface area contributed by atoms with E-state index in [1.54, 1.807) is 11.4 Å². The van der Waals surface area contributed by atoms with Crippen LogP contribution >= 0.6 is 11.3 Å². The van der Waals surface area contributed by atoms with Crippen molar-refractivity contribution in [3.63, 3.8) is 0 Å². The number of aliphatic hydroxyl groups is 1. The fourth-order valence-corrected chi connectivity index (χ4v) is 3.64. The Balaban J connectivity index is 2.14. The molecule has 0 atom stereocenters. The fraction of sp³-hybridized carbons (Fsp3) is 0.200. The van der Waals surface area contributed by atoms with Crippen molar-refractivity contribution in [3.05, 3.63) is 40.5 Å². The molecule has 2 heterocycles. The Morgan fingerprint density at radius 1 is 1.41 bits per heavy atom. The molecule has 0 radical (unpaired) electrons. The van der Waals surface area contributed by atoms with Crippen LogP contribution in [-0.4, -0.2) is 13.5 Å². The van der Waals surface area contributed by atoms with Gasteiger partial charge in [-0.1, -0.05) is 0 Å². The summed E-state index contributed by atoms with van der Waals surface area (Å²) in [4.78, 5) is 0.568. The molecule has 0 fully saturated rings. The van der Waals surface area contributed by atoms with Crippen LogP contribution in [0, 0.1) is 0 Å². The molecule has 17 heavy (non-hydrogen) atoms. The normalized spacial score (nSPS) is 11.8. The van der Waals surface area contributed by atoms with Crippen LogP contribution in [0.5, 0.6) is 0 Å². The predicted octanol–water partition coefficient (Wildman–Crippen LogP) is 1.31. The number of furan rings is 1. The van der Waals surface area contributed by atoms with Gasteiger partial charge in [0.25, 0.3) is 0 Å². The molecule has 7 heteroatoms. The van der Waals surface area contributed by atoms with Crippen molar-refractivity contribution in [1.29, 1.82) is 0 Å². The SMILES string of the molecule is O=S(=O)(NCc1ccoc1)c1ccsc1CO. The Bertz CT molecular complexity index is 571. The number of hydrogen-bond acceptors (Lipinski definition) is 5. The average molecular weight is 273 g/mol. The van der Waals surface area contributed by atoms with E-state index >= 15 is 0 Å². The van der Waals surface area contributed by atoms with Gasteiger partial charge < -0.3 is 9.52 Å². The van der Waals surface area contributed by atoms with Crippen LogP contribution < -0.4 is 4.72 Å². The lowest BCUT2D eigenvalue weighted by molar-refractivity contribution is 0.282. The van der Waals surface area contributed by atoms with Gasteiger partial charge in [-0.25, -0.2) is 13.1 Å². The van der Waals surface area contributed by atoms with Crippen molar-refractivity contribution >= 4 is 21.4 Å².